The number of benzene rings is 1. The van der Waals surface area contributed by atoms with E-state index in [0.29, 0.717) is 11.4 Å². The lowest BCUT2D eigenvalue weighted by molar-refractivity contribution is -0.142. The van der Waals surface area contributed by atoms with Crippen LogP contribution in [-0.2, 0) is 23.9 Å². The molecule has 0 bridgehead atoms. The third kappa shape index (κ3) is 4.33. The van der Waals surface area contributed by atoms with Gasteiger partial charge in [0.1, 0.15) is 13.2 Å². The van der Waals surface area contributed by atoms with Crippen molar-refractivity contribution in [1.29, 1.82) is 0 Å². The molecule has 0 spiro atoms. The Morgan fingerprint density at radius 1 is 0.963 bits per heavy atom. The molecule has 2 atom stereocenters. The topological polar surface area (TPSA) is 105 Å². The number of hydrogen-bond donors (Lipinski definition) is 2. The summed E-state index contributed by atoms with van der Waals surface area (Å²) >= 11 is 0. The SMILES string of the molecule is COCC(=O)Nc1ccc(NC(=O)CN2C(=O)C3CCCCC3C2=O)cc1. The molecular weight excluding hydrogens is 350 g/mol. The number of ether oxygens (including phenoxy) is 1. The first-order valence-electron chi connectivity index (χ1n) is 9.03. The molecule has 1 aliphatic carbocycles. The number of methoxy groups -OCH3 is 1. The van der Waals surface area contributed by atoms with Crippen molar-refractivity contribution >= 4 is 35.0 Å². The van der Waals surface area contributed by atoms with Crippen molar-refractivity contribution < 1.29 is 23.9 Å². The molecular formula is C19H23N3O5. The quantitative estimate of drug-likeness (QED) is 0.733. The average Bonchev–Trinajstić information content (AvgIpc) is 2.89. The highest BCUT2D eigenvalue weighted by Crippen LogP contribution is 2.37. The highest BCUT2D eigenvalue weighted by molar-refractivity contribution is 6.08. The number of hydrogen-bond acceptors (Lipinski definition) is 5. The van der Waals surface area contributed by atoms with E-state index in [9.17, 15) is 19.2 Å². The normalized spacial score (nSPS) is 21.7. The highest BCUT2D eigenvalue weighted by atomic mass is 16.5. The van der Waals surface area contributed by atoms with E-state index < -0.39 is 5.91 Å². The molecule has 4 amide bonds. The van der Waals surface area contributed by atoms with Crippen LogP contribution >= 0.6 is 0 Å². The molecule has 2 unspecified atom stereocenters. The van der Waals surface area contributed by atoms with E-state index in [0.717, 1.165) is 30.6 Å². The van der Waals surface area contributed by atoms with Crippen LogP contribution < -0.4 is 10.6 Å². The Morgan fingerprint density at radius 2 is 1.44 bits per heavy atom. The highest BCUT2D eigenvalue weighted by Gasteiger charge is 2.48. The van der Waals surface area contributed by atoms with Gasteiger partial charge < -0.3 is 15.4 Å². The lowest BCUT2D eigenvalue weighted by Gasteiger charge is -2.19. The van der Waals surface area contributed by atoms with Crippen LogP contribution in [0.1, 0.15) is 25.7 Å². The predicted molar refractivity (Wildman–Crippen MR) is 97.7 cm³/mol. The van der Waals surface area contributed by atoms with Gasteiger partial charge in [0.05, 0.1) is 11.8 Å². The summed E-state index contributed by atoms with van der Waals surface area (Å²) in [6.45, 7) is -0.310. The third-order valence-corrected chi connectivity index (χ3v) is 4.96. The number of amides is 4. The van der Waals surface area contributed by atoms with Gasteiger partial charge in [-0.15, -0.1) is 0 Å². The van der Waals surface area contributed by atoms with E-state index in [2.05, 4.69) is 10.6 Å². The molecule has 1 aromatic carbocycles. The van der Waals surface area contributed by atoms with Gasteiger partial charge in [-0.25, -0.2) is 0 Å². The third-order valence-electron chi connectivity index (χ3n) is 4.96. The summed E-state index contributed by atoms with van der Waals surface area (Å²) in [5.41, 5.74) is 1.09. The number of carbonyl (C=O) groups is 4. The molecule has 0 aromatic heterocycles. The number of imide groups is 1. The van der Waals surface area contributed by atoms with Gasteiger partial charge in [0, 0.05) is 18.5 Å². The summed E-state index contributed by atoms with van der Waals surface area (Å²) in [6.07, 6.45) is 3.36. The maximum Gasteiger partial charge on any atom is 0.250 e. The van der Waals surface area contributed by atoms with Gasteiger partial charge in [-0.2, -0.15) is 0 Å². The van der Waals surface area contributed by atoms with E-state index in [1.807, 2.05) is 0 Å². The second-order valence-electron chi connectivity index (χ2n) is 6.87. The Morgan fingerprint density at radius 3 is 1.93 bits per heavy atom. The van der Waals surface area contributed by atoms with Crippen molar-refractivity contribution in [3.05, 3.63) is 24.3 Å². The summed E-state index contributed by atoms with van der Waals surface area (Å²) in [5.74, 6) is -1.66. The number of likely N-dealkylation sites (tertiary alicyclic amines) is 1. The smallest absolute Gasteiger partial charge is 0.250 e. The van der Waals surface area contributed by atoms with Gasteiger partial charge in [0.2, 0.25) is 23.6 Å². The largest absolute Gasteiger partial charge is 0.375 e. The zero-order valence-corrected chi connectivity index (χ0v) is 15.2. The van der Waals surface area contributed by atoms with E-state index in [4.69, 9.17) is 4.74 Å². The van der Waals surface area contributed by atoms with Gasteiger partial charge in [-0.3, -0.25) is 24.1 Å². The van der Waals surface area contributed by atoms with Gasteiger partial charge in [-0.1, -0.05) is 12.8 Å². The molecule has 8 heteroatoms. The summed E-state index contributed by atoms with van der Waals surface area (Å²) < 4.78 is 4.74. The number of nitrogens with zero attached hydrogens (tertiary/aromatic N) is 1. The lowest BCUT2D eigenvalue weighted by Crippen LogP contribution is -2.38. The molecule has 1 heterocycles. The van der Waals surface area contributed by atoms with Gasteiger partial charge in [0.15, 0.2) is 0 Å². The Balaban J connectivity index is 1.55. The Kier molecular flexibility index (Phi) is 5.85. The fraction of sp³-hybridized carbons (Fsp3) is 0.474. The van der Waals surface area contributed by atoms with Crippen molar-refractivity contribution in [2.45, 2.75) is 25.7 Å². The van der Waals surface area contributed by atoms with Gasteiger partial charge >= 0.3 is 0 Å². The molecule has 0 radical (unpaired) electrons. The Hall–Kier alpha value is -2.74. The van der Waals surface area contributed by atoms with E-state index in [1.54, 1.807) is 24.3 Å². The molecule has 1 aromatic rings. The first-order valence-corrected chi connectivity index (χ1v) is 9.03. The predicted octanol–water partition coefficient (Wildman–Crippen LogP) is 1.39. The summed E-state index contributed by atoms with van der Waals surface area (Å²) in [6, 6.07) is 6.55. The number of nitrogens with one attached hydrogen (secondary N) is 2. The monoisotopic (exact) mass is 373 g/mol. The Bertz CT molecular complexity index is 722. The second kappa shape index (κ2) is 8.30. The molecule has 27 heavy (non-hydrogen) atoms. The number of rotatable bonds is 6. The number of fused-ring (bicyclic) bond motifs is 1. The molecule has 8 nitrogen and oxygen atoms in total. The molecule has 1 aliphatic heterocycles. The first kappa shape index (κ1) is 19.0. The van der Waals surface area contributed by atoms with Crippen LogP contribution in [0.5, 0.6) is 0 Å². The van der Waals surface area contributed by atoms with Crippen LogP contribution in [-0.4, -0.2) is 48.8 Å². The van der Waals surface area contributed by atoms with Crippen molar-refractivity contribution in [3.8, 4) is 0 Å². The van der Waals surface area contributed by atoms with Crippen LogP contribution in [0.3, 0.4) is 0 Å². The van der Waals surface area contributed by atoms with Crippen LogP contribution in [0.2, 0.25) is 0 Å². The molecule has 144 valence electrons. The molecule has 2 fully saturated rings. The van der Waals surface area contributed by atoms with E-state index in [-0.39, 0.29) is 42.7 Å². The number of anilines is 2. The fourth-order valence-corrected chi connectivity index (χ4v) is 3.70. The average molecular weight is 373 g/mol. The lowest BCUT2D eigenvalue weighted by atomic mass is 9.81. The van der Waals surface area contributed by atoms with Crippen molar-refractivity contribution in [3.63, 3.8) is 0 Å². The van der Waals surface area contributed by atoms with Gasteiger partial charge in [0.25, 0.3) is 0 Å². The minimum Gasteiger partial charge on any atom is -0.375 e. The summed E-state index contributed by atoms with van der Waals surface area (Å²) in [7, 11) is 1.43. The van der Waals surface area contributed by atoms with Crippen molar-refractivity contribution in [2.75, 3.05) is 30.9 Å². The summed E-state index contributed by atoms with van der Waals surface area (Å²) in [4.78, 5) is 49.7. The minimum absolute atomic E-state index is 0.0433. The molecule has 2 aliphatic rings. The van der Waals surface area contributed by atoms with Crippen LogP contribution in [0, 0.1) is 11.8 Å². The second-order valence-corrected chi connectivity index (χ2v) is 6.87. The molecule has 1 saturated carbocycles. The van der Waals surface area contributed by atoms with Crippen LogP contribution in [0.15, 0.2) is 24.3 Å². The van der Waals surface area contributed by atoms with Crippen LogP contribution in [0.4, 0.5) is 11.4 Å². The molecule has 3 rings (SSSR count). The summed E-state index contributed by atoms with van der Waals surface area (Å²) in [5, 5.41) is 5.32. The van der Waals surface area contributed by atoms with E-state index in [1.165, 1.54) is 7.11 Å². The fourth-order valence-electron chi connectivity index (χ4n) is 3.70. The van der Waals surface area contributed by atoms with E-state index >= 15 is 0 Å². The maximum absolute atomic E-state index is 12.4. The molecule has 2 N–H and O–H groups in total. The zero-order chi connectivity index (χ0) is 19.4. The zero-order valence-electron chi connectivity index (χ0n) is 15.2. The van der Waals surface area contributed by atoms with Crippen LogP contribution in [0.25, 0.3) is 0 Å². The first-order chi connectivity index (χ1) is 13.0. The van der Waals surface area contributed by atoms with Crippen molar-refractivity contribution in [1.82, 2.24) is 4.90 Å². The number of carbonyl (C=O) groups excluding carboxylic acids is 4. The minimum atomic E-state index is -0.425. The standard InChI is InChI=1S/C19H23N3O5/c1-27-11-17(24)21-13-8-6-12(7-9-13)20-16(23)10-22-18(25)14-4-2-3-5-15(14)19(22)26/h6-9,14-15H,2-5,10-11H2,1H3,(H,20,23)(H,21,24). The van der Waals surface area contributed by atoms with Gasteiger partial charge in [-0.05, 0) is 37.1 Å². The van der Waals surface area contributed by atoms with Crippen molar-refractivity contribution in [2.24, 2.45) is 11.8 Å². The maximum atomic E-state index is 12.4. The molecule has 1 saturated heterocycles. The Labute approximate surface area is 157 Å².